The Kier molecular flexibility index (Phi) is 1.44. The van der Waals surface area contributed by atoms with E-state index in [0.29, 0.717) is 12.8 Å². The molecule has 0 saturated carbocycles. The Morgan fingerprint density at radius 3 is 2.40 bits per heavy atom. The van der Waals surface area contributed by atoms with Crippen molar-refractivity contribution in [2.75, 3.05) is 0 Å². The molecule has 0 atom stereocenters. The van der Waals surface area contributed by atoms with Crippen molar-refractivity contribution >= 4 is 0 Å². The van der Waals surface area contributed by atoms with Crippen molar-refractivity contribution in [1.82, 2.24) is 0 Å². The molecule has 5 heavy (non-hydrogen) atoms. The van der Waals surface area contributed by atoms with E-state index in [2.05, 4.69) is 13.8 Å². The van der Waals surface area contributed by atoms with Crippen LogP contribution in [-0.2, 0) is 0 Å². The molecule has 0 spiro atoms. The predicted octanol–water partition coefficient (Wildman–Crippen LogP) is 2.05. The van der Waals surface area contributed by atoms with E-state index in [-0.39, 0.29) is 0 Å². The summed E-state index contributed by atoms with van der Waals surface area (Å²) in [6.45, 7) is 4.85. The summed E-state index contributed by atoms with van der Waals surface area (Å²) in [7, 11) is 0. The highest BCUT2D eigenvalue weighted by Crippen LogP contribution is 1.93. The monoisotopic (exact) mass is 73.1 g/mol. The third-order valence-electron chi connectivity index (χ3n) is 0.577. The molecule has 0 aliphatic heterocycles. The van der Waals surface area contributed by atoms with E-state index >= 15 is 0 Å². The molecule has 0 N–H and O–H groups in total. The molecule has 0 heterocycles. The van der Waals surface area contributed by atoms with Crippen molar-refractivity contribution in [3.8, 4) is 0 Å². The summed E-state index contributed by atoms with van der Waals surface area (Å²) in [5, 5.41) is 0. The Balaban J connectivity index is 2.63. The summed E-state index contributed by atoms with van der Waals surface area (Å²) in [4.78, 5) is 0. The second kappa shape index (κ2) is 2.25. The molecule has 0 bridgehead atoms. The summed E-state index contributed by atoms with van der Waals surface area (Å²) >= 11 is 0. The second-order valence-corrected chi connectivity index (χ2v) is 1.68. The quantitative estimate of drug-likeness (QED) is 0.445. The van der Waals surface area contributed by atoms with Crippen LogP contribution in [0.2, 0.25) is 0 Å². The minimum atomic E-state index is 0.581. The summed E-state index contributed by atoms with van der Waals surface area (Å²) in [6, 6.07) is 0. The molecule has 0 aromatic rings. The summed E-state index contributed by atoms with van der Waals surface area (Å²) in [5.74, 6) is 0.711. The minimum absolute atomic E-state index is 0.581. The van der Waals surface area contributed by atoms with Crippen LogP contribution in [0.1, 0.15) is 28.5 Å². The molecule has 0 rings (SSSR count). The van der Waals surface area contributed by atoms with Gasteiger partial charge in [0, 0.05) is 1.37 Å². The largest absolute Gasteiger partial charge is 0.0651 e. The zero-order valence-corrected chi connectivity index (χ0v) is 3.99. The van der Waals surface area contributed by atoms with Gasteiger partial charge in [0.15, 0.2) is 0 Å². The lowest BCUT2D eigenvalue weighted by molar-refractivity contribution is 0.626. The summed E-state index contributed by atoms with van der Waals surface area (Å²) < 4.78 is 6.73. The highest BCUT2D eigenvalue weighted by atomic mass is 13.9. The van der Waals surface area contributed by atoms with Gasteiger partial charge in [-0.2, -0.15) is 0 Å². The van der Waals surface area contributed by atoms with E-state index in [1.807, 2.05) is 0 Å². The number of hydrogen-bond donors (Lipinski definition) is 0. The van der Waals surface area contributed by atoms with E-state index in [1.54, 1.807) is 0 Å². The van der Waals surface area contributed by atoms with Gasteiger partial charge in [-0.3, -0.25) is 0 Å². The van der Waals surface area contributed by atoms with Crippen molar-refractivity contribution in [2.24, 2.45) is 5.92 Å². The maximum Gasteiger partial charge on any atom is 0.0230 e. The number of hydrogen-bond acceptors (Lipinski definition) is 0. The van der Waals surface area contributed by atoms with Gasteiger partial charge in [0.05, 0.1) is 0 Å². The van der Waals surface area contributed by atoms with E-state index in [9.17, 15) is 0 Å². The lowest BCUT2D eigenvalue weighted by Gasteiger charge is -1.90. The first kappa shape index (κ1) is 3.20. The minimum Gasteiger partial charge on any atom is -0.0651 e. The molecule has 0 aliphatic rings. The molecule has 0 heteroatoms. The van der Waals surface area contributed by atoms with Gasteiger partial charge in [0.2, 0.25) is 0 Å². The molecule has 0 radical (unpaired) electrons. The second-order valence-electron chi connectivity index (χ2n) is 1.68. The van der Waals surface area contributed by atoms with Crippen LogP contribution >= 0.6 is 0 Å². The zero-order valence-electron chi connectivity index (χ0n) is 4.99. The van der Waals surface area contributed by atoms with Gasteiger partial charge in [-0.25, -0.2) is 0 Å². The maximum absolute atomic E-state index is 6.73. The van der Waals surface area contributed by atoms with Crippen molar-refractivity contribution in [3.05, 3.63) is 0 Å². The average Bonchev–Trinajstić information content (AvgIpc) is 1.35. The molecular weight excluding hydrogens is 60.1 g/mol. The lowest BCUT2D eigenvalue weighted by Crippen LogP contribution is -1.77. The Bertz CT molecular complexity index is 25.1. The van der Waals surface area contributed by atoms with Gasteiger partial charge in [-0.05, 0) is 5.92 Å². The first-order valence-corrected chi connectivity index (χ1v) is 2.06. The highest BCUT2D eigenvalue weighted by molar-refractivity contribution is 4.32. The topological polar surface area (TPSA) is 0 Å². The Hall–Kier alpha value is 0. The fourth-order valence-electron chi connectivity index (χ4n) is 0. The van der Waals surface area contributed by atoms with Gasteiger partial charge >= 0.3 is 0 Å². The third kappa shape index (κ3) is 4.00. The average molecular weight is 73.2 g/mol. The lowest BCUT2D eigenvalue weighted by atomic mass is 10.2. The van der Waals surface area contributed by atoms with Crippen LogP contribution in [0, 0.1) is 5.92 Å². The van der Waals surface area contributed by atoms with Crippen LogP contribution in [-0.4, -0.2) is 0 Å². The van der Waals surface area contributed by atoms with Gasteiger partial charge in [-0.1, -0.05) is 27.2 Å². The van der Waals surface area contributed by atoms with Gasteiger partial charge in [0.25, 0.3) is 0 Å². The maximum atomic E-state index is 6.73. The van der Waals surface area contributed by atoms with Crippen molar-refractivity contribution < 1.29 is 1.37 Å². The smallest absolute Gasteiger partial charge is 0.0230 e. The van der Waals surface area contributed by atoms with Gasteiger partial charge in [-0.15, -0.1) is 0 Å². The van der Waals surface area contributed by atoms with E-state index < -0.39 is 0 Å². The SMILES string of the molecule is [2H]CCC(C)C. The van der Waals surface area contributed by atoms with Crippen molar-refractivity contribution in [3.63, 3.8) is 0 Å². The summed E-state index contributed by atoms with van der Waals surface area (Å²) in [5.41, 5.74) is 0. The molecule has 0 aromatic heterocycles. The Labute approximate surface area is 35.6 Å². The van der Waals surface area contributed by atoms with Crippen LogP contribution in [0.3, 0.4) is 0 Å². The van der Waals surface area contributed by atoms with Crippen LogP contribution < -0.4 is 0 Å². The van der Waals surface area contributed by atoms with Crippen molar-refractivity contribution in [2.45, 2.75) is 27.2 Å². The molecule has 32 valence electrons. The van der Waals surface area contributed by atoms with E-state index in [4.69, 9.17) is 1.37 Å². The van der Waals surface area contributed by atoms with Gasteiger partial charge in [0.1, 0.15) is 0 Å². The normalized spacial score (nSPS) is 12.2. The first-order valence-electron chi connectivity index (χ1n) is 2.77. The molecular formula is C5H12. The molecule has 0 amide bonds. The van der Waals surface area contributed by atoms with Crippen LogP contribution in [0.4, 0.5) is 0 Å². The number of rotatable bonds is 1. The first-order chi connectivity index (χ1) is 2.77. The molecule has 0 nitrogen and oxygen atoms in total. The molecule has 0 aliphatic carbocycles. The summed E-state index contributed by atoms with van der Waals surface area (Å²) in [6.07, 6.45) is 1.04. The van der Waals surface area contributed by atoms with Crippen LogP contribution in [0.5, 0.6) is 0 Å². The Morgan fingerprint density at radius 1 is 1.80 bits per heavy atom. The van der Waals surface area contributed by atoms with Crippen molar-refractivity contribution in [1.29, 1.82) is 0 Å². The van der Waals surface area contributed by atoms with E-state index in [0.717, 1.165) is 6.42 Å². The van der Waals surface area contributed by atoms with Crippen LogP contribution in [0.25, 0.3) is 0 Å². The predicted molar refractivity (Wildman–Crippen MR) is 25.1 cm³/mol. The molecule has 0 saturated heterocycles. The fourth-order valence-corrected chi connectivity index (χ4v) is 0. The third-order valence-corrected chi connectivity index (χ3v) is 0.577. The molecule has 0 fully saturated rings. The molecule has 0 unspecified atom stereocenters. The molecule has 0 aromatic carbocycles. The van der Waals surface area contributed by atoms with E-state index in [1.165, 1.54) is 0 Å². The van der Waals surface area contributed by atoms with Gasteiger partial charge < -0.3 is 0 Å². The Morgan fingerprint density at radius 2 is 2.40 bits per heavy atom. The fraction of sp³-hybridized carbons (Fsp3) is 1.00. The van der Waals surface area contributed by atoms with Crippen LogP contribution in [0.15, 0.2) is 0 Å². The zero-order chi connectivity index (χ0) is 4.99. The highest BCUT2D eigenvalue weighted by Gasteiger charge is 1.80. The standard InChI is InChI=1S/C5H12/c1-4-5(2)3/h5H,4H2,1-3H3/i1D.